The third kappa shape index (κ3) is 4.40. The Kier molecular flexibility index (Phi) is 6.27. The number of likely N-dealkylation sites (tertiary alicyclic amines) is 1. The van der Waals surface area contributed by atoms with Gasteiger partial charge in [-0.2, -0.15) is 0 Å². The summed E-state index contributed by atoms with van der Waals surface area (Å²) in [4.78, 5) is 36.2. The van der Waals surface area contributed by atoms with E-state index in [0.29, 0.717) is 25.9 Å². The first kappa shape index (κ1) is 16.3. The zero-order valence-corrected chi connectivity index (χ0v) is 12.0. The Labute approximate surface area is 118 Å². The van der Waals surface area contributed by atoms with Gasteiger partial charge in [-0.3, -0.25) is 4.79 Å². The van der Waals surface area contributed by atoms with Gasteiger partial charge in [0.25, 0.3) is 0 Å². The summed E-state index contributed by atoms with van der Waals surface area (Å²) in [6, 6.07) is -1.27. The molecule has 0 aliphatic carbocycles. The van der Waals surface area contributed by atoms with E-state index < -0.39 is 18.0 Å². The summed E-state index contributed by atoms with van der Waals surface area (Å²) >= 11 is 0. The molecule has 2 atom stereocenters. The van der Waals surface area contributed by atoms with Gasteiger partial charge in [0.15, 0.2) is 0 Å². The van der Waals surface area contributed by atoms with Crippen molar-refractivity contribution in [2.75, 3.05) is 20.1 Å². The van der Waals surface area contributed by atoms with Crippen molar-refractivity contribution < 1.29 is 19.5 Å². The number of hydrogen-bond acceptors (Lipinski definition) is 3. The first-order valence-electron chi connectivity index (χ1n) is 6.99. The molecule has 0 radical (unpaired) electrons. The Morgan fingerprint density at radius 2 is 2.10 bits per heavy atom. The fourth-order valence-electron chi connectivity index (χ4n) is 2.37. The van der Waals surface area contributed by atoms with Crippen molar-refractivity contribution in [2.45, 2.75) is 38.6 Å². The third-order valence-electron chi connectivity index (χ3n) is 3.50. The number of rotatable bonds is 5. The van der Waals surface area contributed by atoms with Crippen LogP contribution < -0.4 is 10.6 Å². The number of carbonyl (C=O) groups excluding carboxylic acids is 2. The van der Waals surface area contributed by atoms with Gasteiger partial charge in [-0.15, -0.1) is 0 Å². The van der Waals surface area contributed by atoms with Crippen molar-refractivity contribution in [3.8, 4) is 0 Å². The number of amides is 3. The van der Waals surface area contributed by atoms with Crippen molar-refractivity contribution >= 4 is 17.9 Å². The first-order chi connectivity index (χ1) is 9.49. The number of hydrogen-bond donors (Lipinski definition) is 3. The zero-order chi connectivity index (χ0) is 15.1. The average molecular weight is 285 g/mol. The first-order valence-corrected chi connectivity index (χ1v) is 6.99. The number of aliphatic carboxylic acids is 1. The maximum Gasteiger partial charge on any atom is 0.326 e. The maximum atomic E-state index is 12.1. The van der Waals surface area contributed by atoms with Gasteiger partial charge >= 0.3 is 12.0 Å². The molecule has 1 fully saturated rings. The molecule has 3 amide bonds. The Morgan fingerprint density at radius 1 is 1.40 bits per heavy atom. The predicted molar refractivity (Wildman–Crippen MR) is 73.2 cm³/mol. The van der Waals surface area contributed by atoms with E-state index in [1.807, 2.05) is 6.92 Å². The molecule has 1 aliphatic rings. The molecule has 114 valence electrons. The summed E-state index contributed by atoms with van der Waals surface area (Å²) in [5, 5.41) is 14.1. The van der Waals surface area contributed by atoms with Crippen molar-refractivity contribution in [1.82, 2.24) is 15.5 Å². The summed E-state index contributed by atoms with van der Waals surface area (Å²) in [6.07, 6.45) is 2.57. The molecular formula is C13H23N3O4. The highest BCUT2D eigenvalue weighted by atomic mass is 16.4. The van der Waals surface area contributed by atoms with Crippen LogP contribution >= 0.6 is 0 Å². The molecule has 7 heteroatoms. The van der Waals surface area contributed by atoms with E-state index in [9.17, 15) is 14.4 Å². The van der Waals surface area contributed by atoms with Crippen LogP contribution in [0.4, 0.5) is 4.79 Å². The molecule has 20 heavy (non-hydrogen) atoms. The highest BCUT2D eigenvalue weighted by molar-refractivity contribution is 5.84. The number of carbonyl (C=O) groups is 3. The molecule has 0 aromatic carbocycles. The Hall–Kier alpha value is -1.79. The SMILES string of the molecule is CCC[C@@H](NC(=O)N1CCCC(C(=O)NC)C1)C(=O)O. The lowest BCUT2D eigenvalue weighted by molar-refractivity contribution is -0.139. The fourth-order valence-corrected chi connectivity index (χ4v) is 2.37. The molecule has 7 nitrogen and oxygen atoms in total. The van der Waals surface area contributed by atoms with Crippen LogP contribution in [0.5, 0.6) is 0 Å². The second kappa shape index (κ2) is 7.72. The van der Waals surface area contributed by atoms with Crippen LogP contribution in [0.1, 0.15) is 32.6 Å². The van der Waals surface area contributed by atoms with Crippen LogP contribution in [0.3, 0.4) is 0 Å². The maximum absolute atomic E-state index is 12.1. The Balaban J connectivity index is 2.57. The number of piperidine rings is 1. The number of carboxylic acid groups (broad SMARTS) is 1. The second-order valence-corrected chi connectivity index (χ2v) is 5.03. The summed E-state index contributed by atoms with van der Waals surface area (Å²) in [5.41, 5.74) is 0. The largest absolute Gasteiger partial charge is 0.480 e. The van der Waals surface area contributed by atoms with E-state index in [1.54, 1.807) is 7.05 Å². The fraction of sp³-hybridized carbons (Fsp3) is 0.769. The minimum Gasteiger partial charge on any atom is -0.480 e. The summed E-state index contributed by atoms with van der Waals surface area (Å²) in [6.45, 7) is 2.76. The van der Waals surface area contributed by atoms with E-state index in [1.165, 1.54) is 4.90 Å². The van der Waals surface area contributed by atoms with Gasteiger partial charge < -0.3 is 20.6 Å². The third-order valence-corrected chi connectivity index (χ3v) is 3.50. The van der Waals surface area contributed by atoms with Crippen LogP contribution in [0.25, 0.3) is 0 Å². The van der Waals surface area contributed by atoms with Crippen molar-refractivity contribution in [1.29, 1.82) is 0 Å². The van der Waals surface area contributed by atoms with E-state index >= 15 is 0 Å². The Bertz CT molecular complexity index is 373. The van der Waals surface area contributed by atoms with Crippen molar-refractivity contribution in [3.63, 3.8) is 0 Å². The van der Waals surface area contributed by atoms with Gasteiger partial charge in [0, 0.05) is 20.1 Å². The van der Waals surface area contributed by atoms with Gasteiger partial charge in [0.1, 0.15) is 6.04 Å². The average Bonchev–Trinajstić information content (AvgIpc) is 2.45. The highest BCUT2D eigenvalue weighted by Gasteiger charge is 2.29. The molecule has 3 N–H and O–H groups in total. The lowest BCUT2D eigenvalue weighted by atomic mass is 9.97. The molecule has 0 spiro atoms. The highest BCUT2D eigenvalue weighted by Crippen LogP contribution is 2.16. The monoisotopic (exact) mass is 285 g/mol. The molecule has 0 aromatic rings. The molecule has 0 aromatic heterocycles. The number of nitrogens with zero attached hydrogens (tertiary/aromatic N) is 1. The topological polar surface area (TPSA) is 98.7 Å². The van der Waals surface area contributed by atoms with Gasteiger partial charge in [0.05, 0.1) is 5.92 Å². The smallest absolute Gasteiger partial charge is 0.326 e. The lowest BCUT2D eigenvalue weighted by Crippen LogP contribution is -2.52. The van der Waals surface area contributed by atoms with Crippen LogP contribution in [-0.4, -0.2) is 54.1 Å². The second-order valence-electron chi connectivity index (χ2n) is 5.03. The van der Waals surface area contributed by atoms with E-state index in [-0.39, 0.29) is 11.8 Å². The molecule has 1 unspecified atom stereocenters. The molecule has 0 bridgehead atoms. The van der Waals surface area contributed by atoms with E-state index in [2.05, 4.69) is 10.6 Å². The summed E-state index contributed by atoms with van der Waals surface area (Å²) < 4.78 is 0. The summed E-state index contributed by atoms with van der Waals surface area (Å²) in [5.74, 6) is -1.32. The zero-order valence-electron chi connectivity index (χ0n) is 12.0. The molecule has 1 heterocycles. The molecule has 0 saturated carbocycles. The van der Waals surface area contributed by atoms with Crippen molar-refractivity contribution in [3.05, 3.63) is 0 Å². The van der Waals surface area contributed by atoms with E-state index in [4.69, 9.17) is 5.11 Å². The summed E-state index contributed by atoms with van der Waals surface area (Å²) in [7, 11) is 1.57. The molecule has 1 aliphatic heterocycles. The molecule has 1 saturated heterocycles. The number of urea groups is 1. The predicted octanol–water partition coefficient (Wildman–Crippen LogP) is 0.407. The minimum atomic E-state index is -1.03. The Morgan fingerprint density at radius 3 is 2.65 bits per heavy atom. The van der Waals surface area contributed by atoms with Gasteiger partial charge in [-0.05, 0) is 19.3 Å². The molecule has 1 rings (SSSR count). The standard InChI is InChI=1S/C13H23N3O4/c1-3-5-10(12(18)19)15-13(20)16-7-4-6-9(8-16)11(17)14-2/h9-10H,3-8H2,1-2H3,(H,14,17)(H,15,20)(H,18,19)/t9?,10-/m1/s1. The number of carboxylic acids is 1. The van der Waals surface area contributed by atoms with Gasteiger partial charge in [-0.25, -0.2) is 9.59 Å². The van der Waals surface area contributed by atoms with Crippen molar-refractivity contribution in [2.24, 2.45) is 5.92 Å². The van der Waals surface area contributed by atoms with Crippen LogP contribution in [-0.2, 0) is 9.59 Å². The van der Waals surface area contributed by atoms with Crippen LogP contribution in [0.15, 0.2) is 0 Å². The van der Waals surface area contributed by atoms with Gasteiger partial charge in [-0.1, -0.05) is 13.3 Å². The quantitative estimate of drug-likeness (QED) is 0.681. The minimum absolute atomic E-state index is 0.0779. The van der Waals surface area contributed by atoms with E-state index in [0.717, 1.165) is 12.8 Å². The lowest BCUT2D eigenvalue weighted by Gasteiger charge is -2.32. The molecular weight excluding hydrogens is 262 g/mol. The normalized spacial score (nSPS) is 20.1. The van der Waals surface area contributed by atoms with Crippen LogP contribution in [0.2, 0.25) is 0 Å². The van der Waals surface area contributed by atoms with Gasteiger partial charge in [0.2, 0.25) is 5.91 Å². The number of nitrogens with one attached hydrogen (secondary N) is 2. The van der Waals surface area contributed by atoms with Crippen LogP contribution in [0, 0.1) is 5.92 Å².